The van der Waals surface area contributed by atoms with Crippen molar-refractivity contribution in [1.29, 1.82) is 0 Å². The highest BCUT2D eigenvalue weighted by atomic mass is 32.2. The lowest BCUT2D eigenvalue weighted by atomic mass is 10.3. The minimum atomic E-state index is -4.24. The minimum Gasteiger partial charge on any atom is -0.382 e. The quantitative estimate of drug-likeness (QED) is 0.612. The maximum Gasteiger partial charge on any atom is 0.265 e. The molecule has 96 valence electrons. The Labute approximate surface area is 97.3 Å². The normalized spacial score (nSPS) is 11.7. The molecule has 17 heavy (non-hydrogen) atoms. The van der Waals surface area contributed by atoms with E-state index in [4.69, 9.17) is 0 Å². The fraction of sp³-hybridized carbons (Fsp3) is 0.333. The van der Waals surface area contributed by atoms with Gasteiger partial charge in [-0.15, -0.1) is 0 Å². The lowest BCUT2D eigenvalue weighted by Gasteiger charge is -2.07. The van der Waals surface area contributed by atoms with E-state index in [-0.39, 0.29) is 13.2 Å². The molecule has 0 aromatic heterocycles. The third-order valence-corrected chi connectivity index (χ3v) is 2.97. The van der Waals surface area contributed by atoms with Gasteiger partial charge in [0.25, 0.3) is 10.0 Å². The van der Waals surface area contributed by atoms with Gasteiger partial charge in [-0.1, -0.05) is 4.89 Å². The highest BCUT2D eigenvalue weighted by Gasteiger charge is 2.19. The molecular formula is C9H11F2NO4S. The summed E-state index contributed by atoms with van der Waals surface area (Å²) in [7, 11) is -2.83. The van der Waals surface area contributed by atoms with Crippen LogP contribution in [-0.4, -0.2) is 28.7 Å². The van der Waals surface area contributed by atoms with Crippen LogP contribution in [0.2, 0.25) is 0 Å². The zero-order valence-corrected chi connectivity index (χ0v) is 9.76. The average Bonchev–Trinajstić information content (AvgIpc) is 2.28. The molecule has 0 aliphatic carbocycles. The molecular weight excluding hydrogens is 256 g/mol. The second kappa shape index (κ2) is 6.01. The minimum absolute atomic E-state index is 0.0489. The molecule has 5 nitrogen and oxygen atoms in total. The molecule has 0 bridgehead atoms. The second-order valence-electron chi connectivity index (χ2n) is 3.00. The van der Waals surface area contributed by atoms with Gasteiger partial charge in [0, 0.05) is 7.11 Å². The van der Waals surface area contributed by atoms with Crippen LogP contribution in [0, 0.1) is 11.6 Å². The fourth-order valence-corrected chi connectivity index (χ4v) is 1.89. The first-order chi connectivity index (χ1) is 7.97. The zero-order chi connectivity index (χ0) is 12.9. The van der Waals surface area contributed by atoms with E-state index >= 15 is 0 Å². The molecule has 0 unspecified atom stereocenters. The molecule has 0 heterocycles. The maximum atomic E-state index is 13.2. The highest BCUT2D eigenvalue weighted by Crippen LogP contribution is 2.15. The van der Waals surface area contributed by atoms with Gasteiger partial charge in [0.05, 0.1) is 13.2 Å². The van der Waals surface area contributed by atoms with E-state index in [1.807, 2.05) is 0 Å². The SMILES string of the molecule is COCCONS(=O)(=O)c1cc(F)ccc1F. The number of hydrogen-bond donors (Lipinski definition) is 1. The van der Waals surface area contributed by atoms with Gasteiger partial charge < -0.3 is 4.74 Å². The molecule has 0 atom stereocenters. The molecule has 0 fully saturated rings. The van der Waals surface area contributed by atoms with Crippen molar-refractivity contribution in [1.82, 2.24) is 4.89 Å². The predicted molar refractivity (Wildman–Crippen MR) is 54.5 cm³/mol. The van der Waals surface area contributed by atoms with Crippen LogP contribution in [0.3, 0.4) is 0 Å². The van der Waals surface area contributed by atoms with Crippen molar-refractivity contribution in [3.8, 4) is 0 Å². The highest BCUT2D eigenvalue weighted by molar-refractivity contribution is 7.89. The molecule has 0 spiro atoms. The number of nitrogens with one attached hydrogen (secondary N) is 1. The zero-order valence-electron chi connectivity index (χ0n) is 8.94. The average molecular weight is 267 g/mol. The largest absolute Gasteiger partial charge is 0.382 e. The summed E-state index contributed by atoms with van der Waals surface area (Å²) in [5, 5.41) is 0. The molecule has 8 heteroatoms. The van der Waals surface area contributed by atoms with E-state index < -0.39 is 26.6 Å². The number of ether oxygens (including phenoxy) is 1. The van der Waals surface area contributed by atoms with Crippen molar-refractivity contribution in [2.45, 2.75) is 4.90 Å². The lowest BCUT2D eigenvalue weighted by Crippen LogP contribution is -2.26. The van der Waals surface area contributed by atoms with Crippen molar-refractivity contribution in [2.24, 2.45) is 0 Å². The fourth-order valence-electron chi connectivity index (χ4n) is 0.972. The Morgan fingerprint density at radius 3 is 2.65 bits per heavy atom. The van der Waals surface area contributed by atoms with Crippen molar-refractivity contribution in [3.05, 3.63) is 29.8 Å². The Morgan fingerprint density at radius 2 is 2.00 bits per heavy atom. The molecule has 0 aliphatic rings. The van der Waals surface area contributed by atoms with E-state index in [0.717, 1.165) is 12.1 Å². The summed E-state index contributed by atoms with van der Waals surface area (Å²) in [6, 6.07) is 2.11. The predicted octanol–water partition coefficient (Wildman–Crippen LogP) is 0.821. The van der Waals surface area contributed by atoms with Gasteiger partial charge in [-0.2, -0.15) is 0 Å². The first kappa shape index (κ1) is 14.0. The Bertz CT molecular complexity index is 478. The first-order valence-electron chi connectivity index (χ1n) is 4.55. The lowest BCUT2D eigenvalue weighted by molar-refractivity contribution is 0.0437. The molecule has 1 N–H and O–H groups in total. The third kappa shape index (κ3) is 4.00. The molecule has 1 rings (SSSR count). The molecule has 0 saturated heterocycles. The molecule has 1 aromatic carbocycles. The Kier molecular flexibility index (Phi) is 4.94. The molecule has 0 amide bonds. The van der Waals surface area contributed by atoms with E-state index in [2.05, 4.69) is 9.57 Å². The van der Waals surface area contributed by atoms with Gasteiger partial charge >= 0.3 is 0 Å². The standard InChI is InChI=1S/C9H11F2NO4S/c1-15-4-5-16-12-17(13,14)9-6-7(10)2-3-8(9)11/h2-3,6,12H,4-5H2,1H3. The Balaban J connectivity index is 2.79. The van der Waals surface area contributed by atoms with Crippen LogP contribution in [0.1, 0.15) is 0 Å². The summed E-state index contributed by atoms with van der Waals surface area (Å²) in [6.07, 6.45) is 0. The third-order valence-electron chi connectivity index (χ3n) is 1.74. The van der Waals surface area contributed by atoms with Crippen LogP contribution in [-0.2, 0) is 19.6 Å². The van der Waals surface area contributed by atoms with Gasteiger partial charge in [0.2, 0.25) is 0 Å². The van der Waals surface area contributed by atoms with Gasteiger partial charge in [-0.3, -0.25) is 4.84 Å². The summed E-state index contributed by atoms with van der Waals surface area (Å²) >= 11 is 0. The van der Waals surface area contributed by atoms with Gasteiger partial charge in [0.1, 0.15) is 16.5 Å². The second-order valence-corrected chi connectivity index (χ2v) is 4.62. The van der Waals surface area contributed by atoms with Crippen molar-refractivity contribution < 1.29 is 26.8 Å². The van der Waals surface area contributed by atoms with Crippen LogP contribution < -0.4 is 4.89 Å². The van der Waals surface area contributed by atoms with Crippen LogP contribution in [0.5, 0.6) is 0 Å². The van der Waals surface area contributed by atoms with Crippen LogP contribution in [0.25, 0.3) is 0 Å². The Morgan fingerprint density at radius 1 is 1.29 bits per heavy atom. The van der Waals surface area contributed by atoms with E-state index in [1.54, 1.807) is 4.89 Å². The van der Waals surface area contributed by atoms with E-state index in [9.17, 15) is 17.2 Å². The van der Waals surface area contributed by atoms with Crippen molar-refractivity contribution in [2.75, 3.05) is 20.3 Å². The summed E-state index contributed by atoms with van der Waals surface area (Å²) in [5.74, 6) is -1.92. The topological polar surface area (TPSA) is 64.6 Å². The summed E-state index contributed by atoms with van der Waals surface area (Å²) in [6.45, 7) is 0.112. The van der Waals surface area contributed by atoms with E-state index in [1.165, 1.54) is 7.11 Å². The number of halogens is 2. The summed E-state index contributed by atoms with van der Waals surface area (Å²) in [5.41, 5.74) is 0. The van der Waals surface area contributed by atoms with Gasteiger partial charge in [-0.25, -0.2) is 17.2 Å². The Hall–Kier alpha value is -1.09. The summed E-state index contributed by atoms with van der Waals surface area (Å²) < 4.78 is 53.6. The van der Waals surface area contributed by atoms with Gasteiger partial charge in [0.15, 0.2) is 0 Å². The maximum absolute atomic E-state index is 13.2. The van der Waals surface area contributed by atoms with Crippen LogP contribution in [0.15, 0.2) is 23.1 Å². The summed E-state index contributed by atoms with van der Waals surface area (Å²) in [4.78, 5) is 5.39. The van der Waals surface area contributed by atoms with Crippen LogP contribution >= 0.6 is 0 Å². The van der Waals surface area contributed by atoms with Crippen molar-refractivity contribution >= 4 is 10.0 Å². The number of rotatable bonds is 6. The molecule has 0 radical (unpaired) electrons. The molecule has 0 saturated carbocycles. The number of hydrogen-bond acceptors (Lipinski definition) is 4. The van der Waals surface area contributed by atoms with Gasteiger partial charge in [-0.05, 0) is 18.2 Å². The molecule has 1 aromatic rings. The van der Waals surface area contributed by atoms with Crippen molar-refractivity contribution in [3.63, 3.8) is 0 Å². The number of benzene rings is 1. The molecule has 0 aliphatic heterocycles. The van der Waals surface area contributed by atoms with E-state index in [0.29, 0.717) is 6.07 Å². The first-order valence-corrected chi connectivity index (χ1v) is 6.03. The monoisotopic (exact) mass is 267 g/mol. The number of methoxy groups -OCH3 is 1. The smallest absolute Gasteiger partial charge is 0.265 e. The number of sulfonamides is 1. The van der Waals surface area contributed by atoms with Crippen LogP contribution in [0.4, 0.5) is 8.78 Å².